The first kappa shape index (κ1) is 16.9. The summed E-state index contributed by atoms with van der Waals surface area (Å²) in [6, 6.07) is 17.2. The molecule has 0 aliphatic rings. The molecule has 0 fully saturated rings. The molecular weight excluding hydrogens is 338 g/mol. The number of rotatable bonds is 5. The van der Waals surface area contributed by atoms with Gasteiger partial charge in [0.25, 0.3) is 16.5 Å². The zero-order chi connectivity index (χ0) is 17.9. The van der Waals surface area contributed by atoms with E-state index in [1.165, 1.54) is 30.5 Å². The van der Waals surface area contributed by atoms with E-state index in [2.05, 4.69) is 9.13 Å². The molecule has 3 aromatic rings. The van der Waals surface area contributed by atoms with E-state index in [0.29, 0.717) is 0 Å². The first-order valence-corrected chi connectivity index (χ1v) is 8.94. The van der Waals surface area contributed by atoms with E-state index >= 15 is 0 Å². The number of hydrogen-bond acceptors (Lipinski definition) is 4. The Morgan fingerprint density at radius 3 is 2.40 bits per heavy atom. The fraction of sp³-hybridized carbons (Fsp3) is 0.0526. The van der Waals surface area contributed by atoms with Gasteiger partial charge in [-0.05, 0) is 47.5 Å². The number of fused-ring (bicyclic) bond motifs is 1. The number of nitrogens with zero attached hydrogens (tertiary/aromatic N) is 1. The third kappa shape index (κ3) is 3.59. The number of hydrogen-bond donors (Lipinski definition) is 0. The maximum absolute atomic E-state index is 12.4. The van der Waals surface area contributed by atoms with Gasteiger partial charge in [-0.3, -0.25) is 4.79 Å². The summed E-state index contributed by atoms with van der Waals surface area (Å²) in [5.74, 6) is 0.267. The van der Waals surface area contributed by atoms with Crippen LogP contribution in [0, 0.1) is 6.92 Å². The third-order valence-electron chi connectivity index (χ3n) is 3.82. The van der Waals surface area contributed by atoms with E-state index in [1.807, 2.05) is 43.3 Å². The van der Waals surface area contributed by atoms with Gasteiger partial charge < -0.3 is 4.74 Å². The summed E-state index contributed by atoms with van der Waals surface area (Å²) in [6.45, 7) is 2.19. The predicted molar refractivity (Wildman–Crippen MR) is 96.6 cm³/mol. The van der Waals surface area contributed by atoms with E-state index < -0.39 is 10.0 Å². The second kappa shape index (κ2) is 6.86. The van der Waals surface area contributed by atoms with Crippen LogP contribution in [-0.2, 0) is 14.8 Å². The minimum absolute atomic E-state index is 0.0277. The Bertz CT molecular complexity index is 1050. The molecule has 0 aliphatic heterocycles. The number of carbonyl (C=O) groups excluding carboxylic acids is 1. The second-order valence-electron chi connectivity index (χ2n) is 5.41. The molecule has 5 nitrogen and oxygen atoms in total. The monoisotopic (exact) mass is 353 g/mol. The summed E-state index contributed by atoms with van der Waals surface area (Å²) >= 11 is 0. The Morgan fingerprint density at radius 2 is 1.68 bits per heavy atom. The Balaban J connectivity index is 1.98. The molecule has 0 heterocycles. The first-order chi connectivity index (χ1) is 12.0. The van der Waals surface area contributed by atoms with Gasteiger partial charge in [0.15, 0.2) is 0 Å². The Morgan fingerprint density at radius 1 is 0.960 bits per heavy atom. The number of sulfonamides is 1. The Kier molecular flexibility index (Phi) is 4.63. The minimum Gasteiger partial charge on any atom is -0.429 e. The summed E-state index contributed by atoms with van der Waals surface area (Å²) < 4.78 is 33.3. The molecule has 3 aromatic carbocycles. The van der Waals surface area contributed by atoms with Gasteiger partial charge in [-0.25, -0.2) is 0 Å². The van der Waals surface area contributed by atoms with E-state index in [9.17, 15) is 13.2 Å². The van der Waals surface area contributed by atoms with Gasteiger partial charge in [0.05, 0.1) is 4.90 Å². The maximum atomic E-state index is 12.4. The predicted octanol–water partition coefficient (Wildman–Crippen LogP) is 3.49. The van der Waals surface area contributed by atoms with E-state index in [0.717, 1.165) is 21.9 Å². The molecule has 3 rings (SSSR count). The normalized spacial score (nSPS) is 11.7. The van der Waals surface area contributed by atoms with E-state index in [4.69, 9.17) is 0 Å². The fourth-order valence-electron chi connectivity index (χ4n) is 2.50. The summed E-state index contributed by atoms with van der Waals surface area (Å²) in [7, 11) is -3.85. The van der Waals surface area contributed by atoms with Crippen molar-refractivity contribution >= 4 is 33.5 Å². The van der Waals surface area contributed by atoms with Gasteiger partial charge in [-0.1, -0.05) is 36.4 Å². The number of aryl methyl sites for hydroxylation is 1. The van der Waals surface area contributed by atoms with Crippen LogP contribution in [0.5, 0.6) is 5.75 Å². The SMILES string of the molecule is Cc1ccc2ccccc2c1C=NS(=O)(=O)c1ccc(OC=O)cc1. The molecule has 126 valence electrons. The number of benzene rings is 3. The second-order valence-corrected chi connectivity index (χ2v) is 7.04. The highest BCUT2D eigenvalue weighted by Gasteiger charge is 2.12. The summed E-state index contributed by atoms with van der Waals surface area (Å²) in [6.07, 6.45) is 1.38. The smallest absolute Gasteiger partial charge is 0.298 e. The van der Waals surface area contributed by atoms with Crippen LogP contribution in [0.2, 0.25) is 0 Å². The fourth-order valence-corrected chi connectivity index (χ4v) is 3.35. The molecule has 25 heavy (non-hydrogen) atoms. The van der Waals surface area contributed by atoms with Crippen LogP contribution in [0.1, 0.15) is 11.1 Å². The lowest BCUT2D eigenvalue weighted by Crippen LogP contribution is -1.99. The molecule has 0 bridgehead atoms. The lowest BCUT2D eigenvalue weighted by molar-refractivity contribution is -0.120. The Hall–Kier alpha value is -2.99. The lowest BCUT2D eigenvalue weighted by Gasteiger charge is -2.06. The average molecular weight is 353 g/mol. The molecule has 0 saturated carbocycles. The summed E-state index contributed by atoms with van der Waals surface area (Å²) in [5.41, 5.74) is 1.70. The van der Waals surface area contributed by atoms with Gasteiger partial charge in [-0.2, -0.15) is 12.8 Å². The molecule has 0 saturated heterocycles. The van der Waals surface area contributed by atoms with Crippen LogP contribution < -0.4 is 4.74 Å². The topological polar surface area (TPSA) is 72.8 Å². The minimum atomic E-state index is -3.85. The molecule has 0 unspecified atom stereocenters. The third-order valence-corrected chi connectivity index (χ3v) is 5.07. The zero-order valence-electron chi connectivity index (χ0n) is 13.4. The van der Waals surface area contributed by atoms with Crippen molar-refractivity contribution in [2.45, 2.75) is 11.8 Å². The molecule has 0 aromatic heterocycles. The van der Waals surface area contributed by atoms with Crippen LogP contribution in [0.15, 0.2) is 70.0 Å². The van der Waals surface area contributed by atoms with Crippen molar-refractivity contribution in [1.82, 2.24) is 0 Å². The van der Waals surface area contributed by atoms with Crippen molar-refractivity contribution in [3.8, 4) is 5.75 Å². The molecule has 0 spiro atoms. The highest BCUT2D eigenvalue weighted by molar-refractivity contribution is 7.90. The summed E-state index contributed by atoms with van der Waals surface area (Å²) in [5, 5.41) is 1.96. The van der Waals surface area contributed by atoms with Crippen LogP contribution in [0.3, 0.4) is 0 Å². The first-order valence-electron chi connectivity index (χ1n) is 7.50. The zero-order valence-corrected chi connectivity index (χ0v) is 14.2. The molecule has 0 radical (unpaired) electrons. The van der Waals surface area contributed by atoms with E-state index in [1.54, 1.807) is 0 Å². The van der Waals surface area contributed by atoms with Crippen LogP contribution in [0.25, 0.3) is 10.8 Å². The van der Waals surface area contributed by atoms with E-state index in [-0.39, 0.29) is 17.1 Å². The molecular formula is C19H15NO4S. The van der Waals surface area contributed by atoms with Gasteiger partial charge in [0.1, 0.15) is 5.75 Å². The van der Waals surface area contributed by atoms with Crippen molar-refractivity contribution in [2.75, 3.05) is 0 Å². The van der Waals surface area contributed by atoms with Crippen molar-refractivity contribution in [2.24, 2.45) is 4.40 Å². The molecule has 0 aliphatic carbocycles. The van der Waals surface area contributed by atoms with Crippen LogP contribution >= 0.6 is 0 Å². The number of ether oxygens (including phenoxy) is 1. The largest absolute Gasteiger partial charge is 0.429 e. The number of carbonyl (C=O) groups is 1. The van der Waals surface area contributed by atoms with Crippen molar-refractivity contribution in [1.29, 1.82) is 0 Å². The molecule has 0 amide bonds. The van der Waals surface area contributed by atoms with Gasteiger partial charge in [-0.15, -0.1) is 0 Å². The maximum Gasteiger partial charge on any atom is 0.298 e. The summed E-state index contributed by atoms with van der Waals surface area (Å²) in [4.78, 5) is 10.3. The average Bonchev–Trinajstić information content (AvgIpc) is 2.61. The van der Waals surface area contributed by atoms with Gasteiger partial charge in [0, 0.05) is 11.8 Å². The van der Waals surface area contributed by atoms with Crippen molar-refractivity contribution in [3.05, 3.63) is 71.8 Å². The van der Waals surface area contributed by atoms with Gasteiger partial charge in [0.2, 0.25) is 0 Å². The molecule has 0 N–H and O–H groups in total. The molecule has 6 heteroatoms. The molecule has 0 atom stereocenters. The standard InChI is InChI=1S/C19H15NO4S/c1-14-6-7-15-4-2-3-5-18(15)19(14)12-20-25(22,23)17-10-8-16(9-11-17)24-13-21/h2-13H,1H3. The lowest BCUT2D eigenvalue weighted by atomic mass is 10.0. The Labute approximate surface area is 145 Å². The van der Waals surface area contributed by atoms with Crippen LogP contribution in [-0.4, -0.2) is 21.1 Å². The highest BCUT2D eigenvalue weighted by Crippen LogP contribution is 2.22. The van der Waals surface area contributed by atoms with Crippen LogP contribution in [0.4, 0.5) is 0 Å². The van der Waals surface area contributed by atoms with Crippen molar-refractivity contribution in [3.63, 3.8) is 0 Å². The highest BCUT2D eigenvalue weighted by atomic mass is 32.2. The van der Waals surface area contributed by atoms with Crippen molar-refractivity contribution < 1.29 is 17.9 Å². The van der Waals surface area contributed by atoms with Gasteiger partial charge >= 0.3 is 0 Å². The quantitative estimate of drug-likeness (QED) is 0.520.